The first-order chi connectivity index (χ1) is 13.9. The van der Waals surface area contributed by atoms with E-state index in [2.05, 4.69) is 9.97 Å². The summed E-state index contributed by atoms with van der Waals surface area (Å²) in [7, 11) is 0. The number of thioether (sulfide) groups is 1. The first kappa shape index (κ1) is 25.6. The van der Waals surface area contributed by atoms with Crippen molar-refractivity contribution in [3.63, 3.8) is 0 Å². The lowest BCUT2D eigenvalue weighted by Gasteiger charge is -2.31. The van der Waals surface area contributed by atoms with E-state index in [0.717, 1.165) is 37.1 Å². The highest BCUT2D eigenvalue weighted by Gasteiger charge is 2.23. The maximum atomic E-state index is 12.1. The lowest BCUT2D eigenvalue weighted by molar-refractivity contribution is -0.136. The first-order valence-electron chi connectivity index (χ1n) is 9.38. The summed E-state index contributed by atoms with van der Waals surface area (Å²) in [5.41, 5.74) is 1.68. The average molecular weight is 452 g/mol. The molecule has 0 spiro atoms. The predicted octanol–water partition coefficient (Wildman–Crippen LogP) is 3.03. The molecule has 0 aromatic carbocycles. The van der Waals surface area contributed by atoms with Gasteiger partial charge in [0.15, 0.2) is 5.12 Å². The van der Waals surface area contributed by atoms with Crippen LogP contribution < -0.4 is 0 Å². The van der Waals surface area contributed by atoms with E-state index in [-0.39, 0.29) is 29.9 Å². The monoisotopic (exact) mass is 451 g/mol. The van der Waals surface area contributed by atoms with Gasteiger partial charge in [-0.15, -0.1) is 12.4 Å². The Morgan fingerprint density at radius 1 is 1.03 bits per heavy atom. The van der Waals surface area contributed by atoms with Gasteiger partial charge in [0.1, 0.15) is 0 Å². The number of pyridine rings is 2. The van der Waals surface area contributed by atoms with E-state index in [1.165, 1.54) is 11.8 Å². The van der Waals surface area contributed by atoms with Gasteiger partial charge in [-0.05, 0) is 36.1 Å². The third-order valence-corrected chi connectivity index (χ3v) is 5.42. The number of aromatic nitrogens is 2. The number of piperidine rings is 1. The van der Waals surface area contributed by atoms with E-state index in [1.54, 1.807) is 43.8 Å². The van der Waals surface area contributed by atoms with Crippen molar-refractivity contribution < 1.29 is 19.5 Å². The minimum Gasteiger partial charge on any atom is -0.481 e. The van der Waals surface area contributed by atoms with Crippen molar-refractivity contribution in [3.8, 4) is 0 Å². The van der Waals surface area contributed by atoms with Gasteiger partial charge in [0, 0.05) is 50.1 Å². The Morgan fingerprint density at radius 2 is 1.57 bits per heavy atom. The normalized spacial score (nSPS) is 13.4. The Balaban J connectivity index is 0.000000348. The molecule has 3 heterocycles. The number of carboxylic acid groups (broad SMARTS) is 1. The Morgan fingerprint density at radius 3 is 2.00 bits per heavy atom. The van der Waals surface area contributed by atoms with Crippen LogP contribution in [0.3, 0.4) is 0 Å². The second-order valence-corrected chi connectivity index (χ2v) is 8.14. The van der Waals surface area contributed by atoms with E-state index in [9.17, 15) is 14.4 Å². The number of halogens is 1. The van der Waals surface area contributed by atoms with Crippen molar-refractivity contribution in [2.75, 3.05) is 13.1 Å². The number of hydrogen-bond acceptors (Lipinski definition) is 6. The van der Waals surface area contributed by atoms with Crippen LogP contribution in [0.5, 0.6) is 0 Å². The van der Waals surface area contributed by atoms with Crippen molar-refractivity contribution in [2.24, 2.45) is 0 Å². The number of nitrogens with zero attached hydrogens (tertiary/aromatic N) is 3. The highest BCUT2D eigenvalue weighted by molar-refractivity contribution is 8.14. The molecular weight excluding hydrogens is 426 g/mol. The topological polar surface area (TPSA) is 100 Å². The number of likely N-dealkylation sites (tertiary alicyclic amines) is 1. The van der Waals surface area contributed by atoms with Crippen LogP contribution in [0.15, 0.2) is 49.1 Å². The Labute approximate surface area is 186 Å². The molecule has 0 unspecified atom stereocenters. The van der Waals surface area contributed by atoms with Crippen LogP contribution in [0.25, 0.3) is 0 Å². The number of carbonyl (C=O) groups is 3. The minimum atomic E-state index is -0.826. The third-order valence-electron chi connectivity index (χ3n) is 4.28. The van der Waals surface area contributed by atoms with E-state index >= 15 is 0 Å². The maximum Gasteiger partial charge on any atom is 0.307 e. The van der Waals surface area contributed by atoms with Crippen LogP contribution in [0.1, 0.15) is 30.9 Å². The molecule has 30 heavy (non-hydrogen) atoms. The zero-order valence-electron chi connectivity index (χ0n) is 16.8. The highest BCUT2D eigenvalue weighted by Crippen LogP contribution is 2.24. The van der Waals surface area contributed by atoms with Gasteiger partial charge in [-0.25, -0.2) is 0 Å². The molecule has 1 aliphatic rings. The van der Waals surface area contributed by atoms with Gasteiger partial charge in [-0.3, -0.25) is 24.4 Å². The number of rotatable bonds is 5. The van der Waals surface area contributed by atoms with Gasteiger partial charge in [-0.2, -0.15) is 0 Å². The van der Waals surface area contributed by atoms with Crippen LogP contribution in [0, 0.1) is 0 Å². The molecule has 162 valence electrons. The molecule has 2 aromatic heterocycles. The second-order valence-electron chi connectivity index (χ2n) is 6.66. The van der Waals surface area contributed by atoms with Crippen LogP contribution in [0.4, 0.5) is 0 Å². The lowest BCUT2D eigenvalue weighted by Crippen LogP contribution is -2.40. The Kier molecular flexibility index (Phi) is 11.7. The molecule has 1 amide bonds. The van der Waals surface area contributed by atoms with Gasteiger partial charge >= 0.3 is 5.97 Å². The molecule has 0 atom stereocenters. The van der Waals surface area contributed by atoms with Gasteiger partial charge in [0.05, 0.1) is 12.8 Å². The van der Waals surface area contributed by atoms with Crippen molar-refractivity contribution in [1.29, 1.82) is 0 Å². The zero-order valence-corrected chi connectivity index (χ0v) is 18.4. The Bertz CT molecular complexity index is 800. The maximum absolute atomic E-state index is 12.1. The summed E-state index contributed by atoms with van der Waals surface area (Å²) in [4.78, 5) is 43.0. The summed E-state index contributed by atoms with van der Waals surface area (Å²) < 4.78 is 0. The summed E-state index contributed by atoms with van der Waals surface area (Å²) in [6.07, 6.45) is 8.88. The largest absolute Gasteiger partial charge is 0.481 e. The molecule has 0 saturated carbocycles. The van der Waals surface area contributed by atoms with Gasteiger partial charge < -0.3 is 10.0 Å². The molecule has 0 aliphatic carbocycles. The number of aliphatic carboxylic acids is 1. The molecule has 1 N–H and O–H groups in total. The number of carbonyl (C=O) groups excluding carboxylic acids is 2. The van der Waals surface area contributed by atoms with Gasteiger partial charge in [-0.1, -0.05) is 23.9 Å². The van der Waals surface area contributed by atoms with Crippen LogP contribution in [-0.4, -0.2) is 55.3 Å². The smallest absolute Gasteiger partial charge is 0.307 e. The van der Waals surface area contributed by atoms with Crippen molar-refractivity contribution in [1.82, 2.24) is 14.9 Å². The molecular formula is C21H26ClN3O4S. The van der Waals surface area contributed by atoms with E-state index in [1.807, 2.05) is 17.0 Å². The summed E-state index contributed by atoms with van der Waals surface area (Å²) in [6, 6.07) is 7.22. The SMILES string of the molecule is CC(=O)SC1CCN(C(=O)Cc2cccnc2)CC1.Cl.O=C(O)Cc1cccnc1. The fourth-order valence-electron chi connectivity index (χ4n) is 2.92. The molecule has 1 aliphatic heterocycles. The zero-order chi connectivity index (χ0) is 21.1. The first-order valence-corrected chi connectivity index (χ1v) is 10.3. The van der Waals surface area contributed by atoms with E-state index in [4.69, 9.17) is 5.11 Å². The highest BCUT2D eigenvalue weighted by atomic mass is 35.5. The number of hydrogen-bond donors (Lipinski definition) is 1. The average Bonchev–Trinajstić information content (AvgIpc) is 2.69. The summed E-state index contributed by atoms with van der Waals surface area (Å²) >= 11 is 1.41. The van der Waals surface area contributed by atoms with Gasteiger partial charge in [0.25, 0.3) is 0 Å². The predicted molar refractivity (Wildman–Crippen MR) is 119 cm³/mol. The minimum absolute atomic E-state index is 0. The molecule has 1 fully saturated rings. The fraction of sp³-hybridized carbons (Fsp3) is 0.381. The molecule has 3 rings (SSSR count). The van der Waals surface area contributed by atoms with Crippen molar-refractivity contribution in [2.45, 2.75) is 37.9 Å². The van der Waals surface area contributed by atoms with Gasteiger partial charge in [0.2, 0.25) is 5.91 Å². The lowest BCUT2D eigenvalue weighted by atomic mass is 10.1. The third kappa shape index (κ3) is 9.84. The second kappa shape index (κ2) is 13.7. The number of amides is 1. The Hall–Kier alpha value is -2.45. The number of carboxylic acids is 1. The standard InChI is InChI=1S/C14H18N2O2S.C7H7NO2.ClH/c1-11(17)19-13-4-7-16(8-5-13)14(18)9-12-3-2-6-15-10-12;9-7(10)4-6-2-1-3-8-5-6;/h2-3,6,10,13H,4-5,7-9H2,1H3;1-3,5H,4H2,(H,9,10);1H. The molecule has 1 saturated heterocycles. The molecule has 0 radical (unpaired) electrons. The molecule has 2 aromatic rings. The van der Waals surface area contributed by atoms with E-state index in [0.29, 0.717) is 11.7 Å². The molecule has 0 bridgehead atoms. The summed E-state index contributed by atoms with van der Waals surface area (Å²) in [5.74, 6) is -0.674. The fourth-order valence-corrected chi connectivity index (χ4v) is 3.84. The van der Waals surface area contributed by atoms with Crippen molar-refractivity contribution >= 4 is 41.2 Å². The quantitative estimate of drug-likeness (QED) is 0.745. The molecule has 7 nitrogen and oxygen atoms in total. The molecule has 9 heteroatoms. The summed E-state index contributed by atoms with van der Waals surface area (Å²) in [5, 5.41) is 8.88. The van der Waals surface area contributed by atoms with Crippen LogP contribution >= 0.6 is 24.2 Å². The van der Waals surface area contributed by atoms with Crippen LogP contribution in [0.2, 0.25) is 0 Å². The summed E-state index contributed by atoms with van der Waals surface area (Å²) in [6.45, 7) is 3.11. The van der Waals surface area contributed by atoms with Crippen LogP contribution in [-0.2, 0) is 27.2 Å². The van der Waals surface area contributed by atoms with Crippen molar-refractivity contribution in [3.05, 3.63) is 60.2 Å². The van der Waals surface area contributed by atoms with E-state index < -0.39 is 5.97 Å².